The highest BCUT2D eigenvalue weighted by atomic mass is 16.5. The minimum atomic E-state index is -0.721. The van der Waals surface area contributed by atoms with E-state index in [1.807, 2.05) is 31.6 Å². The van der Waals surface area contributed by atoms with Gasteiger partial charge in [-0.3, -0.25) is 4.68 Å². The molecule has 33 heavy (non-hydrogen) atoms. The highest BCUT2D eigenvalue weighted by molar-refractivity contribution is 5.80. The molecule has 1 fully saturated rings. The van der Waals surface area contributed by atoms with Crippen LogP contribution in [-0.2, 0) is 7.05 Å². The fourth-order valence-corrected chi connectivity index (χ4v) is 3.64. The van der Waals surface area contributed by atoms with Crippen molar-refractivity contribution in [2.45, 2.75) is 51.2 Å². The summed E-state index contributed by atoms with van der Waals surface area (Å²) >= 11 is 0. The summed E-state index contributed by atoms with van der Waals surface area (Å²) in [6.07, 6.45) is 12.9. The molecule has 1 N–H and O–H groups in total. The molecule has 0 bridgehead atoms. The molecule has 172 valence electrons. The van der Waals surface area contributed by atoms with Crippen LogP contribution in [0.4, 0.5) is 0 Å². The van der Waals surface area contributed by atoms with E-state index in [2.05, 4.69) is 15.2 Å². The number of aliphatic hydroxyl groups is 1. The first-order chi connectivity index (χ1) is 15.9. The summed E-state index contributed by atoms with van der Waals surface area (Å²) in [7, 11) is 1.87. The Hall–Kier alpha value is -3.46. The van der Waals surface area contributed by atoms with Crippen molar-refractivity contribution in [3.63, 3.8) is 0 Å². The molecule has 1 aliphatic rings. The molecule has 4 aromatic heterocycles. The van der Waals surface area contributed by atoms with Crippen LogP contribution in [0, 0.1) is 0 Å². The first kappa shape index (κ1) is 21.4. The summed E-state index contributed by atoms with van der Waals surface area (Å²) in [4.78, 5) is 9.27. The molecule has 0 radical (unpaired) electrons. The van der Waals surface area contributed by atoms with Gasteiger partial charge in [0, 0.05) is 36.6 Å². The largest absolute Gasteiger partial charge is 0.490 e. The Bertz CT molecular complexity index is 1270. The lowest BCUT2D eigenvalue weighted by atomic mass is 10.0. The quantitative estimate of drug-likeness (QED) is 0.390. The van der Waals surface area contributed by atoms with Gasteiger partial charge in [0.1, 0.15) is 11.8 Å². The van der Waals surface area contributed by atoms with Crippen molar-refractivity contribution in [2.75, 3.05) is 6.61 Å². The van der Waals surface area contributed by atoms with Crippen molar-refractivity contribution in [2.24, 2.45) is 7.05 Å². The van der Waals surface area contributed by atoms with E-state index in [1.165, 1.54) is 0 Å². The van der Waals surface area contributed by atoms with Crippen LogP contribution in [0.3, 0.4) is 0 Å². The summed E-state index contributed by atoms with van der Waals surface area (Å²) in [5, 5.41) is 18.8. The summed E-state index contributed by atoms with van der Waals surface area (Å²) in [5.41, 5.74) is 3.37. The number of hydrogen-bond donors (Lipinski definition) is 1. The zero-order valence-corrected chi connectivity index (χ0v) is 19.1. The standard InChI is InChI=1S/C24H28N6O3/c1-24(2,31)8-4-10-32-20-15-30-23(28-22(20)17-12-26-29(3)14-17)19(13-27-30)16-7-9-25-21(11-16)33-18-5-6-18/h7,9,11-15,18,31H,4-6,8,10H2,1-3H3. The predicted octanol–water partition coefficient (Wildman–Crippen LogP) is 3.66. The Morgan fingerprint density at radius 1 is 1.15 bits per heavy atom. The van der Waals surface area contributed by atoms with Crippen molar-refractivity contribution in [1.29, 1.82) is 0 Å². The minimum absolute atomic E-state index is 0.281. The van der Waals surface area contributed by atoms with Crippen LogP contribution in [0.1, 0.15) is 39.5 Å². The van der Waals surface area contributed by atoms with Crippen molar-refractivity contribution >= 4 is 5.65 Å². The monoisotopic (exact) mass is 448 g/mol. The molecule has 0 aromatic carbocycles. The number of rotatable bonds is 9. The third-order valence-corrected chi connectivity index (χ3v) is 5.49. The zero-order valence-electron chi connectivity index (χ0n) is 19.1. The van der Waals surface area contributed by atoms with Crippen LogP contribution in [0.2, 0.25) is 0 Å². The van der Waals surface area contributed by atoms with Gasteiger partial charge in [0.25, 0.3) is 0 Å². The molecule has 4 aromatic rings. The van der Waals surface area contributed by atoms with Gasteiger partial charge in [-0.25, -0.2) is 14.5 Å². The molecule has 0 spiro atoms. The van der Waals surface area contributed by atoms with Gasteiger partial charge in [0.05, 0.1) is 30.8 Å². The Balaban J connectivity index is 1.49. The van der Waals surface area contributed by atoms with E-state index in [1.54, 1.807) is 41.6 Å². The molecule has 0 amide bonds. The SMILES string of the molecule is Cn1cc(-c2nc3c(-c4ccnc(OC5CC5)c4)cnn3cc2OCCCC(C)(C)O)cn1. The van der Waals surface area contributed by atoms with Crippen LogP contribution in [0.25, 0.3) is 28.0 Å². The van der Waals surface area contributed by atoms with Crippen LogP contribution in [0.15, 0.2) is 43.1 Å². The molecule has 0 atom stereocenters. The van der Waals surface area contributed by atoms with E-state index in [4.69, 9.17) is 14.5 Å². The van der Waals surface area contributed by atoms with Gasteiger partial charge in [-0.2, -0.15) is 10.2 Å². The van der Waals surface area contributed by atoms with E-state index in [9.17, 15) is 5.11 Å². The van der Waals surface area contributed by atoms with Crippen molar-refractivity contribution in [3.05, 3.63) is 43.1 Å². The Kier molecular flexibility index (Phi) is 5.49. The predicted molar refractivity (Wildman–Crippen MR) is 123 cm³/mol. The topological polar surface area (TPSA) is 99.6 Å². The van der Waals surface area contributed by atoms with E-state index < -0.39 is 5.60 Å². The van der Waals surface area contributed by atoms with Gasteiger partial charge in [0.15, 0.2) is 11.4 Å². The van der Waals surface area contributed by atoms with Crippen LogP contribution in [-0.4, -0.2) is 52.8 Å². The number of fused-ring (bicyclic) bond motifs is 1. The van der Waals surface area contributed by atoms with Crippen LogP contribution >= 0.6 is 0 Å². The lowest BCUT2D eigenvalue weighted by molar-refractivity contribution is 0.0641. The van der Waals surface area contributed by atoms with E-state index in [0.717, 1.165) is 36.0 Å². The third kappa shape index (κ3) is 4.98. The van der Waals surface area contributed by atoms with Crippen molar-refractivity contribution < 1.29 is 14.6 Å². The highest BCUT2D eigenvalue weighted by Gasteiger charge is 2.24. The maximum Gasteiger partial charge on any atom is 0.214 e. The average Bonchev–Trinajstić information content (AvgIpc) is 3.32. The number of nitrogens with zero attached hydrogens (tertiary/aromatic N) is 6. The molecule has 0 saturated heterocycles. The summed E-state index contributed by atoms with van der Waals surface area (Å²) in [6.45, 7) is 4.06. The lowest BCUT2D eigenvalue weighted by Crippen LogP contribution is -2.19. The number of pyridine rings is 1. The second-order valence-corrected chi connectivity index (χ2v) is 9.15. The Morgan fingerprint density at radius 2 is 2.00 bits per heavy atom. The van der Waals surface area contributed by atoms with E-state index in [-0.39, 0.29) is 6.10 Å². The van der Waals surface area contributed by atoms with Crippen molar-refractivity contribution in [1.82, 2.24) is 29.4 Å². The lowest BCUT2D eigenvalue weighted by Gasteiger charge is -2.17. The van der Waals surface area contributed by atoms with Crippen molar-refractivity contribution in [3.8, 4) is 34.0 Å². The molecule has 4 heterocycles. The van der Waals surface area contributed by atoms with E-state index >= 15 is 0 Å². The van der Waals surface area contributed by atoms with Gasteiger partial charge in [-0.15, -0.1) is 0 Å². The van der Waals surface area contributed by atoms with Crippen LogP contribution in [0.5, 0.6) is 11.6 Å². The fraction of sp³-hybridized carbons (Fsp3) is 0.417. The fourth-order valence-electron chi connectivity index (χ4n) is 3.64. The number of ether oxygens (including phenoxy) is 2. The molecule has 1 saturated carbocycles. The third-order valence-electron chi connectivity index (χ3n) is 5.49. The molecular formula is C24H28N6O3. The average molecular weight is 449 g/mol. The summed E-state index contributed by atoms with van der Waals surface area (Å²) in [5.74, 6) is 1.24. The normalized spacial score (nSPS) is 14.1. The number of aromatic nitrogens is 6. The molecule has 9 nitrogen and oxygen atoms in total. The van der Waals surface area contributed by atoms with Gasteiger partial charge >= 0.3 is 0 Å². The van der Waals surface area contributed by atoms with Crippen LogP contribution < -0.4 is 9.47 Å². The molecular weight excluding hydrogens is 420 g/mol. The smallest absolute Gasteiger partial charge is 0.214 e. The number of hydrogen-bond acceptors (Lipinski definition) is 7. The number of aryl methyl sites for hydroxylation is 1. The molecule has 1 aliphatic carbocycles. The molecule has 0 unspecified atom stereocenters. The van der Waals surface area contributed by atoms with Gasteiger partial charge in [-0.05, 0) is 51.2 Å². The highest BCUT2D eigenvalue weighted by Crippen LogP contribution is 2.33. The first-order valence-electron chi connectivity index (χ1n) is 11.2. The maximum absolute atomic E-state index is 9.97. The molecule has 0 aliphatic heterocycles. The summed E-state index contributed by atoms with van der Waals surface area (Å²) < 4.78 is 15.4. The summed E-state index contributed by atoms with van der Waals surface area (Å²) in [6, 6.07) is 3.87. The van der Waals surface area contributed by atoms with Gasteiger partial charge in [0.2, 0.25) is 5.88 Å². The second-order valence-electron chi connectivity index (χ2n) is 9.15. The zero-order chi connectivity index (χ0) is 23.0. The van der Waals surface area contributed by atoms with Gasteiger partial charge in [-0.1, -0.05) is 0 Å². The first-order valence-corrected chi connectivity index (χ1v) is 11.2. The molecule has 9 heteroatoms. The Labute approximate surface area is 192 Å². The minimum Gasteiger partial charge on any atom is -0.490 e. The maximum atomic E-state index is 9.97. The second kappa shape index (κ2) is 8.47. The van der Waals surface area contributed by atoms with E-state index in [0.29, 0.717) is 36.0 Å². The van der Waals surface area contributed by atoms with Gasteiger partial charge < -0.3 is 14.6 Å². The molecule has 5 rings (SSSR count). The Morgan fingerprint density at radius 3 is 2.73 bits per heavy atom.